The first kappa shape index (κ1) is 14.1. The smallest absolute Gasteiger partial charge is 0.0562 e. The summed E-state index contributed by atoms with van der Waals surface area (Å²) in [6.45, 7) is 3.91. The quantitative estimate of drug-likeness (QED) is 0.880. The molecule has 1 aliphatic carbocycles. The van der Waals surface area contributed by atoms with Crippen molar-refractivity contribution in [1.82, 2.24) is 10.3 Å². The van der Waals surface area contributed by atoms with Crippen molar-refractivity contribution < 1.29 is 0 Å². The topological polar surface area (TPSA) is 28.2 Å². The summed E-state index contributed by atoms with van der Waals surface area (Å²) < 4.78 is 0. The molecule has 0 radical (unpaired) electrons. The van der Waals surface area contributed by atoms with Crippen LogP contribution in [0.15, 0.2) is 42.6 Å². The van der Waals surface area contributed by atoms with Gasteiger partial charge in [-0.25, -0.2) is 0 Å². The molecule has 0 aliphatic heterocycles. The van der Waals surface area contributed by atoms with E-state index in [0.29, 0.717) is 0 Å². The zero-order chi connectivity index (χ0) is 14.7. The van der Waals surface area contributed by atoms with Gasteiger partial charge in [-0.15, -0.1) is 0 Å². The Labute approximate surface area is 127 Å². The third kappa shape index (κ3) is 4.05. The first-order chi connectivity index (χ1) is 10.2. The van der Waals surface area contributed by atoms with E-state index in [-0.39, 0.29) is 0 Å². The van der Waals surface area contributed by atoms with Crippen LogP contribution in [0.5, 0.6) is 0 Å². The summed E-state index contributed by atoms with van der Waals surface area (Å²) in [4.78, 5) is 6.72. The number of anilines is 1. The Balaban J connectivity index is 1.63. The van der Waals surface area contributed by atoms with Crippen molar-refractivity contribution >= 4 is 5.69 Å². The molecule has 1 aromatic heterocycles. The fraction of sp³-hybridized carbons (Fsp3) is 0.389. The normalized spacial score (nSPS) is 14.2. The standard InChI is InChI=1S/C18H23N3/c1-14-3-5-15(6-4-14)13-21(2)18-9-10-19-17(11-18)12-20-16-7-8-16/h3-6,9-11,16,20H,7-8,12-13H2,1-2H3. The number of benzene rings is 1. The number of hydrogen-bond acceptors (Lipinski definition) is 3. The molecule has 0 spiro atoms. The third-order valence-corrected chi connectivity index (χ3v) is 3.93. The van der Waals surface area contributed by atoms with Gasteiger partial charge in [-0.05, 0) is 37.5 Å². The molecule has 0 atom stereocenters. The predicted molar refractivity (Wildman–Crippen MR) is 87.4 cm³/mol. The van der Waals surface area contributed by atoms with Crippen molar-refractivity contribution in [3.05, 3.63) is 59.4 Å². The van der Waals surface area contributed by atoms with E-state index < -0.39 is 0 Å². The molecule has 0 unspecified atom stereocenters. The van der Waals surface area contributed by atoms with Gasteiger partial charge in [0.2, 0.25) is 0 Å². The van der Waals surface area contributed by atoms with E-state index in [1.807, 2.05) is 6.20 Å². The number of rotatable bonds is 6. The Morgan fingerprint density at radius 1 is 1.19 bits per heavy atom. The maximum atomic E-state index is 4.45. The molecule has 3 nitrogen and oxygen atoms in total. The van der Waals surface area contributed by atoms with Crippen LogP contribution in [-0.2, 0) is 13.1 Å². The van der Waals surface area contributed by atoms with Crippen molar-refractivity contribution in [2.75, 3.05) is 11.9 Å². The fourth-order valence-electron chi connectivity index (χ4n) is 2.39. The fourth-order valence-corrected chi connectivity index (χ4v) is 2.39. The summed E-state index contributed by atoms with van der Waals surface area (Å²) in [6.07, 6.45) is 4.53. The van der Waals surface area contributed by atoms with Crippen LogP contribution < -0.4 is 10.2 Å². The Morgan fingerprint density at radius 3 is 2.67 bits per heavy atom. The van der Waals surface area contributed by atoms with Crippen molar-refractivity contribution in [1.29, 1.82) is 0 Å². The van der Waals surface area contributed by atoms with Gasteiger partial charge >= 0.3 is 0 Å². The lowest BCUT2D eigenvalue weighted by molar-refractivity contribution is 0.674. The second kappa shape index (κ2) is 6.27. The maximum Gasteiger partial charge on any atom is 0.0562 e. The van der Waals surface area contributed by atoms with Gasteiger partial charge in [-0.1, -0.05) is 29.8 Å². The molecule has 1 heterocycles. The van der Waals surface area contributed by atoms with Gasteiger partial charge in [-0.2, -0.15) is 0 Å². The highest BCUT2D eigenvalue weighted by molar-refractivity contribution is 5.46. The van der Waals surface area contributed by atoms with E-state index in [2.05, 4.69) is 65.6 Å². The van der Waals surface area contributed by atoms with Gasteiger partial charge in [0.15, 0.2) is 0 Å². The average molecular weight is 281 g/mol. The van der Waals surface area contributed by atoms with Crippen LogP contribution in [0.3, 0.4) is 0 Å². The van der Waals surface area contributed by atoms with Gasteiger partial charge in [0.1, 0.15) is 0 Å². The van der Waals surface area contributed by atoms with Crippen molar-refractivity contribution in [2.45, 2.75) is 38.9 Å². The summed E-state index contributed by atoms with van der Waals surface area (Å²) >= 11 is 0. The molecule has 21 heavy (non-hydrogen) atoms. The Morgan fingerprint density at radius 2 is 1.95 bits per heavy atom. The number of nitrogens with one attached hydrogen (secondary N) is 1. The monoisotopic (exact) mass is 281 g/mol. The number of aromatic nitrogens is 1. The highest BCUT2D eigenvalue weighted by atomic mass is 15.1. The Hall–Kier alpha value is -1.87. The summed E-state index contributed by atoms with van der Waals surface area (Å²) in [5, 5.41) is 3.51. The predicted octanol–water partition coefficient (Wildman–Crippen LogP) is 3.28. The van der Waals surface area contributed by atoms with E-state index in [1.165, 1.54) is 29.7 Å². The second-order valence-electron chi connectivity index (χ2n) is 6.00. The minimum Gasteiger partial charge on any atom is -0.370 e. The molecule has 3 heteroatoms. The minimum atomic E-state index is 0.723. The minimum absolute atomic E-state index is 0.723. The van der Waals surface area contributed by atoms with Gasteiger partial charge in [0, 0.05) is 38.1 Å². The summed E-state index contributed by atoms with van der Waals surface area (Å²) in [6, 6.07) is 13.7. The molecule has 3 rings (SSSR count). The second-order valence-corrected chi connectivity index (χ2v) is 6.00. The zero-order valence-corrected chi connectivity index (χ0v) is 12.8. The van der Waals surface area contributed by atoms with Crippen LogP contribution >= 0.6 is 0 Å². The van der Waals surface area contributed by atoms with Gasteiger partial charge in [0.05, 0.1) is 5.69 Å². The molecule has 0 bridgehead atoms. The summed E-state index contributed by atoms with van der Waals surface area (Å²) in [5.41, 5.74) is 4.98. The molecule has 110 valence electrons. The van der Waals surface area contributed by atoms with Crippen LogP contribution in [0.2, 0.25) is 0 Å². The van der Waals surface area contributed by atoms with Crippen molar-refractivity contribution in [2.24, 2.45) is 0 Å². The van der Waals surface area contributed by atoms with Gasteiger partial charge < -0.3 is 10.2 Å². The highest BCUT2D eigenvalue weighted by Crippen LogP contribution is 2.20. The average Bonchev–Trinajstić information content (AvgIpc) is 3.32. The summed E-state index contributed by atoms with van der Waals surface area (Å²) in [7, 11) is 2.13. The molecule has 0 saturated heterocycles. The van der Waals surface area contributed by atoms with Crippen molar-refractivity contribution in [3.63, 3.8) is 0 Å². The molecule has 0 amide bonds. The van der Waals surface area contributed by atoms with Gasteiger partial charge in [-0.3, -0.25) is 4.98 Å². The molecule has 2 aromatic rings. The first-order valence-corrected chi connectivity index (χ1v) is 7.66. The molecular formula is C18H23N3. The molecule has 1 saturated carbocycles. The molecule has 1 aliphatic rings. The Bertz CT molecular complexity index is 588. The van der Waals surface area contributed by atoms with E-state index >= 15 is 0 Å². The van der Waals surface area contributed by atoms with E-state index in [9.17, 15) is 0 Å². The van der Waals surface area contributed by atoms with Crippen LogP contribution in [-0.4, -0.2) is 18.1 Å². The lowest BCUT2D eigenvalue weighted by Crippen LogP contribution is -2.19. The van der Waals surface area contributed by atoms with Crippen LogP contribution in [0.1, 0.15) is 29.7 Å². The molecule has 1 fully saturated rings. The zero-order valence-electron chi connectivity index (χ0n) is 12.8. The maximum absolute atomic E-state index is 4.45. The van der Waals surface area contributed by atoms with Crippen LogP contribution in [0.25, 0.3) is 0 Å². The number of nitrogens with zero attached hydrogens (tertiary/aromatic N) is 2. The van der Waals surface area contributed by atoms with Crippen LogP contribution in [0, 0.1) is 6.92 Å². The third-order valence-electron chi connectivity index (χ3n) is 3.93. The van der Waals surface area contributed by atoms with E-state index in [0.717, 1.165) is 24.8 Å². The first-order valence-electron chi connectivity index (χ1n) is 7.66. The molecular weight excluding hydrogens is 258 g/mol. The Kier molecular flexibility index (Phi) is 4.20. The van der Waals surface area contributed by atoms with Crippen LogP contribution in [0.4, 0.5) is 5.69 Å². The number of aryl methyl sites for hydroxylation is 1. The molecule has 1 aromatic carbocycles. The molecule has 1 N–H and O–H groups in total. The lowest BCUT2D eigenvalue weighted by atomic mass is 10.1. The van der Waals surface area contributed by atoms with E-state index in [4.69, 9.17) is 0 Å². The van der Waals surface area contributed by atoms with E-state index in [1.54, 1.807) is 0 Å². The number of hydrogen-bond donors (Lipinski definition) is 1. The lowest BCUT2D eigenvalue weighted by Gasteiger charge is -2.20. The largest absolute Gasteiger partial charge is 0.370 e. The number of pyridine rings is 1. The SMILES string of the molecule is Cc1ccc(CN(C)c2ccnc(CNC3CC3)c2)cc1. The van der Waals surface area contributed by atoms with Crippen molar-refractivity contribution in [3.8, 4) is 0 Å². The van der Waals surface area contributed by atoms with Gasteiger partial charge in [0.25, 0.3) is 0 Å². The highest BCUT2D eigenvalue weighted by Gasteiger charge is 2.20. The summed E-state index contributed by atoms with van der Waals surface area (Å²) in [5.74, 6) is 0.